The van der Waals surface area contributed by atoms with Gasteiger partial charge in [-0.1, -0.05) is 58.0 Å². The monoisotopic (exact) mass is 616 g/mol. The maximum absolute atomic E-state index is 13.6. The molecule has 0 bridgehead atoms. The van der Waals surface area contributed by atoms with Crippen LogP contribution in [-0.4, -0.2) is 47.0 Å². The summed E-state index contributed by atoms with van der Waals surface area (Å²) in [5, 5.41) is 12.8. The second kappa shape index (κ2) is 13.3. The summed E-state index contributed by atoms with van der Waals surface area (Å²) in [7, 11) is 0. The summed E-state index contributed by atoms with van der Waals surface area (Å²) >= 11 is 0. The fourth-order valence-corrected chi connectivity index (χ4v) is 6.91. The van der Waals surface area contributed by atoms with Crippen LogP contribution in [0.3, 0.4) is 0 Å². The summed E-state index contributed by atoms with van der Waals surface area (Å²) in [6, 6.07) is 22.3. The molecule has 4 aromatic rings. The predicted molar refractivity (Wildman–Crippen MR) is 187 cm³/mol. The van der Waals surface area contributed by atoms with Crippen LogP contribution in [0, 0.1) is 11.8 Å². The van der Waals surface area contributed by atoms with Gasteiger partial charge in [-0.2, -0.15) is 0 Å². The number of carbonyl (C=O) groups is 1. The molecular weight excluding hydrogens is 572 g/mol. The Morgan fingerprint density at radius 3 is 1.89 bits per heavy atom. The van der Waals surface area contributed by atoms with Gasteiger partial charge in [-0.15, -0.1) is 5.73 Å². The van der Waals surface area contributed by atoms with E-state index >= 15 is 0 Å². The summed E-state index contributed by atoms with van der Waals surface area (Å²) in [6.45, 7) is 13.2. The lowest BCUT2D eigenvalue weighted by atomic mass is 9.90. The number of para-hydroxylation sites is 1. The van der Waals surface area contributed by atoms with Gasteiger partial charge in [-0.3, -0.25) is 9.89 Å². The summed E-state index contributed by atoms with van der Waals surface area (Å²) in [5.74, 6) is -0.0570. The number of carboxylic acids is 1. The Morgan fingerprint density at radius 1 is 0.848 bits per heavy atom. The highest BCUT2D eigenvalue weighted by Gasteiger charge is 2.22. The van der Waals surface area contributed by atoms with E-state index in [1.807, 2.05) is 18.2 Å². The molecule has 0 atom stereocenters. The van der Waals surface area contributed by atoms with Crippen LogP contribution in [0.25, 0.3) is 17.3 Å². The molecule has 3 aromatic carbocycles. The number of H-pyrrole nitrogens is 1. The molecule has 6 rings (SSSR count). The van der Waals surface area contributed by atoms with Crippen molar-refractivity contribution in [1.82, 2.24) is 9.78 Å². The number of hydrogen-bond acceptors (Lipinski definition) is 4. The fourth-order valence-electron chi connectivity index (χ4n) is 6.91. The number of fused-ring (bicyclic) bond motifs is 2. The number of hydrogen-bond donors (Lipinski definition) is 2. The van der Waals surface area contributed by atoms with E-state index in [9.17, 15) is 14.7 Å². The molecule has 46 heavy (non-hydrogen) atoms. The molecule has 0 saturated carbocycles. The van der Waals surface area contributed by atoms with Gasteiger partial charge in [0, 0.05) is 43.1 Å². The first-order valence-corrected chi connectivity index (χ1v) is 16.6. The van der Waals surface area contributed by atoms with Gasteiger partial charge in [-0.05, 0) is 102 Å². The zero-order chi connectivity index (χ0) is 32.4. The normalized spacial score (nSPS) is 14.2. The Hall–Kier alpha value is -4.74. The van der Waals surface area contributed by atoms with Crippen molar-refractivity contribution in [2.75, 3.05) is 36.0 Å². The third-order valence-corrected chi connectivity index (χ3v) is 8.85. The smallest absolute Gasteiger partial charge is 0.354 e. The number of aromatic amines is 1. The molecule has 7 nitrogen and oxygen atoms in total. The van der Waals surface area contributed by atoms with Gasteiger partial charge in [0.05, 0.1) is 11.3 Å². The first-order chi connectivity index (χ1) is 22.2. The van der Waals surface area contributed by atoms with Gasteiger partial charge >= 0.3 is 5.97 Å². The number of nitrogens with zero attached hydrogens (tertiary/aromatic N) is 3. The van der Waals surface area contributed by atoms with Crippen molar-refractivity contribution in [3.8, 4) is 5.69 Å². The van der Waals surface area contributed by atoms with E-state index in [1.54, 1.807) is 18.2 Å². The minimum Gasteiger partial charge on any atom is -0.477 e. The first-order valence-electron chi connectivity index (χ1n) is 16.6. The van der Waals surface area contributed by atoms with Crippen molar-refractivity contribution in [3.63, 3.8) is 0 Å². The van der Waals surface area contributed by atoms with E-state index in [2.05, 4.69) is 84.7 Å². The standard InChI is InChI=1S/C39H44N4O3/c1-26(2)24-41-20-8-10-30-22-28(14-18-35(30)41)33(29-15-19-36-31(23-29)11-9-21-42(36)25-27(3)4)16-17-34-37(39(45)46)40-43(38(34)44)32-12-6-5-7-13-32/h5-7,12-15,17-19,22-23,26-27,40H,8-11,20-21,24-25H2,1-4H3,(H,45,46). The highest BCUT2D eigenvalue weighted by Crippen LogP contribution is 2.35. The zero-order valence-electron chi connectivity index (χ0n) is 27.3. The highest BCUT2D eigenvalue weighted by molar-refractivity contribution is 5.91. The molecule has 1 aromatic heterocycles. The summed E-state index contributed by atoms with van der Waals surface area (Å²) in [4.78, 5) is 30.9. The molecule has 2 aliphatic heterocycles. The number of carboxylic acid groups (broad SMARTS) is 1. The molecule has 0 radical (unpaired) electrons. The average molecular weight is 617 g/mol. The maximum atomic E-state index is 13.6. The minimum absolute atomic E-state index is 0.0657. The van der Waals surface area contributed by atoms with Gasteiger partial charge < -0.3 is 14.9 Å². The molecule has 0 aliphatic carbocycles. The van der Waals surface area contributed by atoms with E-state index in [0.29, 0.717) is 17.5 Å². The Balaban J connectivity index is 1.51. The third kappa shape index (κ3) is 6.47. The Labute approximate surface area is 271 Å². The van der Waals surface area contributed by atoms with E-state index < -0.39 is 11.5 Å². The largest absolute Gasteiger partial charge is 0.477 e. The van der Waals surface area contributed by atoms with Gasteiger partial charge in [0.15, 0.2) is 5.69 Å². The first kappa shape index (κ1) is 31.3. The van der Waals surface area contributed by atoms with Crippen LogP contribution in [0.4, 0.5) is 11.4 Å². The fraction of sp³-hybridized carbons (Fsp3) is 0.359. The quantitative estimate of drug-likeness (QED) is 0.191. The lowest BCUT2D eigenvalue weighted by molar-refractivity contribution is 0.0689. The van der Waals surface area contributed by atoms with Crippen molar-refractivity contribution in [2.45, 2.75) is 53.4 Å². The van der Waals surface area contributed by atoms with E-state index in [4.69, 9.17) is 0 Å². The zero-order valence-corrected chi connectivity index (χ0v) is 27.3. The van der Waals surface area contributed by atoms with Crippen molar-refractivity contribution in [1.29, 1.82) is 0 Å². The topological polar surface area (TPSA) is 81.6 Å². The van der Waals surface area contributed by atoms with E-state index in [1.165, 1.54) is 27.2 Å². The number of rotatable bonds is 9. The maximum Gasteiger partial charge on any atom is 0.354 e. The summed E-state index contributed by atoms with van der Waals surface area (Å²) in [5.41, 5.74) is 11.5. The Bertz CT molecular complexity index is 1780. The Kier molecular flexibility index (Phi) is 9.05. The number of nitrogens with one attached hydrogen (secondary N) is 1. The van der Waals surface area contributed by atoms with Crippen LogP contribution < -0.4 is 15.4 Å². The summed E-state index contributed by atoms with van der Waals surface area (Å²) < 4.78 is 1.28. The van der Waals surface area contributed by atoms with Crippen molar-refractivity contribution in [2.24, 2.45) is 11.8 Å². The second-order valence-electron chi connectivity index (χ2n) is 13.4. The third-order valence-electron chi connectivity index (χ3n) is 8.85. The lowest BCUT2D eigenvalue weighted by Crippen LogP contribution is -2.32. The van der Waals surface area contributed by atoms with Crippen LogP contribution in [-0.2, 0) is 12.8 Å². The van der Waals surface area contributed by atoms with Gasteiger partial charge in [0.25, 0.3) is 5.56 Å². The average Bonchev–Trinajstić information content (AvgIpc) is 3.37. The molecule has 238 valence electrons. The molecule has 0 spiro atoms. The molecule has 0 amide bonds. The number of aryl methyl sites for hydroxylation is 2. The number of benzene rings is 3. The SMILES string of the molecule is CC(C)CN1CCCc2cc(C(=C=Cc3c(C(=O)O)[nH]n(-c4ccccc4)c3=O)c3ccc4c(c3)CCCN4CC(C)C)ccc21. The molecule has 0 unspecified atom stereocenters. The van der Waals surface area contributed by atoms with Crippen molar-refractivity contribution >= 4 is 29.0 Å². The molecule has 2 aliphatic rings. The molecule has 2 N–H and O–H groups in total. The minimum atomic E-state index is -1.19. The number of anilines is 2. The van der Waals surface area contributed by atoms with Gasteiger partial charge in [-0.25, -0.2) is 9.48 Å². The van der Waals surface area contributed by atoms with Crippen molar-refractivity contribution < 1.29 is 9.90 Å². The van der Waals surface area contributed by atoms with Gasteiger partial charge in [0.1, 0.15) is 0 Å². The van der Waals surface area contributed by atoms with Crippen LogP contribution in [0.2, 0.25) is 0 Å². The van der Waals surface area contributed by atoms with Crippen molar-refractivity contribution in [3.05, 3.63) is 116 Å². The summed E-state index contributed by atoms with van der Waals surface area (Å²) in [6.07, 6.45) is 5.77. The second-order valence-corrected chi connectivity index (χ2v) is 13.4. The van der Waals surface area contributed by atoms with Crippen LogP contribution in [0.15, 0.2) is 77.3 Å². The lowest BCUT2D eigenvalue weighted by Gasteiger charge is -2.33. The molecule has 7 heteroatoms. The van der Waals surface area contributed by atoms with Gasteiger partial charge in [0.2, 0.25) is 0 Å². The van der Waals surface area contributed by atoms with Crippen LogP contribution in [0.5, 0.6) is 0 Å². The highest BCUT2D eigenvalue weighted by atomic mass is 16.4. The van der Waals surface area contributed by atoms with E-state index in [0.717, 1.165) is 68.6 Å². The van der Waals surface area contributed by atoms with Crippen LogP contribution >= 0.6 is 0 Å². The molecule has 3 heterocycles. The molecular formula is C39H44N4O3. The molecule has 0 fully saturated rings. The number of aromatic nitrogens is 2. The van der Waals surface area contributed by atoms with Crippen LogP contribution in [0.1, 0.15) is 78.8 Å². The number of aromatic carboxylic acids is 1. The molecule has 0 saturated heterocycles. The predicted octanol–water partition coefficient (Wildman–Crippen LogP) is 7.43. The van der Waals surface area contributed by atoms with E-state index in [-0.39, 0.29) is 11.3 Å². The Morgan fingerprint density at radius 2 is 1.39 bits per heavy atom.